The first kappa shape index (κ1) is 16.2. The predicted octanol–water partition coefficient (Wildman–Crippen LogP) is 4.86. The molecule has 0 fully saturated rings. The van der Waals surface area contributed by atoms with Gasteiger partial charge in [0.2, 0.25) is 0 Å². The van der Waals surface area contributed by atoms with Gasteiger partial charge < -0.3 is 4.42 Å². The van der Waals surface area contributed by atoms with Crippen LogP contribution in [-0.2, 0) is 6.54 Å². The second-order valence-corrected chi connectivity index (χ2v) is 7.12. The zero-order valence-electron chi connectivity index (χ0n) is 15.3. The third-order valence-electron chi connectivity index (χ3n) is 5.55. The molecule has 1 aliphatic heterocycles. The average Bonchev–Trinajstić information content (AvgIpc) is 3.21. The summed E-state index contributed by atoms with van der Waals surface area (Å²) in [6.45, 7) is 5.26. The molecule has 134 valence electrons. The predicted molar refractivity (Wildman–Crippen MR) is 106 cm³/mol. The molecule has 4 heteroatoms. The molecule has 4 aromatic rings. The number of fused-ring (bicyclic) bond motifs is 2. The summed E-state index contributed by atoms with van der Waals surface area (Å²) in [5.41, 5.74) is 7.08. The summed E-state index contributed by atoms with van der Waals surface area (Å²) >= 11 is 0. The third kappa shape index (κ3) is 2.92. The second kappa shape index (κ2) is 6.63. The molecule has 2 aromatic heterocycles. The molecule has 0 amide bonds. The second-order valence-electron chi connectivity index (χ2n) is 7.12. The minimum absolute atomic E-state index is 0.346. The fourth-order valence-electron chi connectivity index (χ4n) is 4.07. The number of aromatic nitrogens is 2. The first-order valence-corrected chi connectivity index (χ1v) is 9.42. The van der Waals surface area contributed by atoms with Gasteiger partial charge in [0.25, 0.3) is 0 Å². The lowest BCUT2D eigenvalue weighted by Crippen LogP contribution is -2.33. The largest absolute Gasteiger partial charge is 0.464 e. The van der Waals surface area contributed by atoms with Crippen molar-refractivity contribution in [2.45, 2.75) is 19.4 Å². The molecule has 0 bridgehead atoms. The van der Waals surface area contributed by atoms with E-state index in [-0.39, 0.29) is 0 Å². The van der Waals surface area contributed by atoms with Crippen LogP contribution in [0.3, 0.4) is 0 Å². The van der Waals surface area contributed by atoms with Gasteiger partial charge in [-0.3, -0.25) is 4.90 Å². The van der Waals surface area contributed by atoms with Crippen molar-refractivity contribution in [1.29, 1.82) is 0 Å². The highest BCUT2D eigenvalue weighted by molar-refractivity contribution is 5.78. The summed E-state index contributed by atoms with van der Waals surface area (Å²) in [4.78, 5) is 2.50. The number of likely N-dealkylation sites (N-methyl/N-ethyl adjacent to an activating group) is 1. The number of hydrogen-bond donors (Lipinski definition) is 0. The molecule has 1 aliphatic rings. The van der Waals surface area contributed by atoms with E-state index in [4.69, 9.17) is 4.42 Å². The molecule has 1 atom stereocenters. The molecule has 3 heterocycles. The lowest BCUT2D eigenvalue weighted by atomic mass is 9.83. The molecule has 0 radical (unpaired) electrons. The van der Waals surface area contributed by atoms with E-state index in [1.807, 2.05) is 18.2 Å². The van der Waals surface area contributed by atoms with E-state index in [0.717, 1.165) is 41.9 Å². The fourth-order valence-corrected chi connectivity index (χ4v) is 4.07. The fraction of sp³-hybridized carbons (Fsp3) is 0.217. The highest BCUT2D eigenvalue weighted by Gasteiger charge is 2.26. The summed E-state index contributed by atoms with van der Waals surface area (Å²) in [6, 6.07) is 19.3. The van der Waals surface area contributed by atoms with Crippen LogP contribution in [0.25, 0.3) is 22.2 Å². The molecule has 0 spiro atoms. The van der Waals surface area contributed by atoms with Crippen molar-refractivity contribution < 1.29 is 4.42 Å². The van der Waals surface area contributed by atoms with Crippen molar-refractivity contribution in [3.05, 3.63) is 83.7 Å². The Kier molecular flexibility index (Phi) is 3.98. The molecule has 0 saturated heterocycles. The minimum Gasteiger partial charge on any atom is -0.464 e. The van der Waals surface area contributed by atoms with Crippen LogP contribution in [0.15, 0.2) is 71.5 Å². The average molecular weight is 355 g/mol. The maximum atomic E-state index is 5.64. The smallest absolute Gasteiger partial charge is 0.134 e. The molecule has 27 heavy (non-hydrogen) atoms. The van der Waals surface area contributed by atoms with Gasteiger partial charge in [0, 0.05) is 36.2 Å². The molecule has 0 saturated carbocycles. The van der Waals surface area contributed by atoms with Crippen LogP contribution in [-0.4, -0.2) is 28.2 Å². The Hall–Kier alpha value is -2.98. The molecular weight excluding hydrogens is 334 g/mol. The zero-order valence-corrected chi connectivity index (χ0v) is 15.3. The monoisotopic (exact) mass is 355 g/mol. The van der Waals surface area contributed by atoms with Gasteiger partial charge >= 0.3 is 0 Å². The van der Waals surface area contributed by atoms with Crippen LogP contribution in [0.2, 0.25) is 0 Å². The number of furan rings is 1. The first-order chi connectivity index (χ1) is 13.3. The lowest BCUT2D eigenvalue weighted by molar-refractivity contribution is 0.253. The quantitative estimate of drug-likeness (QED) is 0.526. The van der Waals surface area contributed by atoms with E-state index >= 15 is 0 Å². The van der Waals surface area contributed by atoms with Crippen molar-refractivity contribution in [3.8, 4) is 11.3 Å². The van der Waals surface area contributed by atoms with E-state index < -0.39 is 0 Å². The molecule has 5 rings (SSSR count). The van der Waals surface area contributed by atoms with E-state index in [0.29, 0.717) is 5.92 Å². The lowest BCUT2D eigenvalue weighted by Gasteiger charge is -2.34. The Labute approximate surface area is 158 Å². The third-order valence-corrected chi connectivity index (χ3v) is 5.55. The Morgan fingerprint density at radius 3 is 2.93 bits per heavy atom. The Morgan fingerprint density at radius 2 is 2.07 bits per heavy atom. The van der Waals surface area contributed by atoms with Crippen molar-refractivity contribution in [2.75, 3.05) is 13.1 Å². The molecule has 1 unspecified atom stereocenters. The summed E-state index contributed by atoms with van der Waals surface area (Å²) in [5.74, 6) is 0.346. The van der Waals surface area contributed by atoms with Crippen molar-refractivity contribution in [2.24, 2.45) is 0 Å². The summed E-state index contributed by atoms with van der Waals surface area (Å²) in [6.07, 6.45) is 3.47. The molecule has 4 nitrogen and oxygen atoms in total. The van der Waals surface area contributed by atoms with E-state index in [1.54, 1.807) is 12.5 Å². The van der Waals surface area contributed by atoms with Crippen LogP contribution >= 0.6 is 0 Å². The van der Waals surface area contributed by atoms with Gasteiger partial charge in [-0.1, -0.05) is 31.2 Å². The first-order valence-electron chi connectivity index (χ1n) is 9.42. The van der Waals surface area contributed by atoms with Crippen LogP contribution in [0.5, 0.6) is 0 Å². The maximum Gasteiger partial charge on any atom is 0.134 e. The number of rotatable bonds is 3. The number of benzene rings is 2. The topological polar surface area (TPSA) is 42.2 Å². The highest BCUT2D eigenvalue weighted by atomic mass is 16.3. The van der Waals surface area contributed by atoms with E-state index in [1.165, 1.54) is 16.7 Å². The van der Waals surface area contributed by atoms with Gasteiger partial charge in [0.05, 0.1) is 12.0 Å². The summed E-state index contributed by atoms with van der Waals surface area (Å²) < 4.78 is 5.64. The van der Waals surface area contributed by atoms with Gasteiger partial charge in [-0.15, -0.1) is 0 Å². The zero-order chi connectivity index (χ0) is 18.2. The normalized spacial score (nSPS) is 17.1. The molecular formula is C23H21N3O. The summed E-state index contributed by atoms with van der Waals surface area (Å²) in [5, 5.41) is 9.44. The Balaban J connectivity index is 1.59. The van der Waals surface area contributed by atoms with Gasteiger partial charge in [0.1, 0.15) is 5.58 Å². The Bertz CT molecular complexity index is 1090. The number of nitrogens with zero attached hydrogens (tertiary/aromatic N) is 3. The molecule has 2 aromatic carbocycles. The van der Waals surface area contributed by atoms with Crippen molar-refractivity contribution in [1.82, 2.24) is 15.1 Å². The van der Waals surface area contributed by atoms with Gasteiger partial charge in [0.15, 0.2) is 0 Å². The van der Waals surface area contributed by atoms with Crippen molar-refractivity contribution in [3.63, 3.8) is 0 Å². The Morgan fingerprint density at radius 1 is 1.11 bits per heavy atom. The number of hydrogen-bond acceptors (Lipinski definition) is 4. The maximum absolute atomic E-state index is 5.64. The standard InChI is InChI=1S/C23H21N3O/c1-2-26-14-19-12-18(22-4-3-10-24-25-22)7-8-20(19)21(15-26)17-6-5-16-9-11-27-23(16)13-17/h3-13,21H,2,14-15H2,1H3. The van der Waals surface area contributed by atoms with Crippen LogP contribution in [0, 0.1) is 0 Å². The molecule has 0 N–H and O–H groups in total. The van der Waals surface area contributed by atoms with E-state index in [9.17, 15) is 0 Å². The van der Waals surface area contributed by atoms with Crippen molar-refractivity contribution >= 4 is 11.0 Å². The van der Waals surface area contributed by atoms with Gasteiger partial charge in [-0.2, -0.15) is 10.2 Å². The van der Waals surface area contributed by atoms with Crippen LogP contribution < -0.4 is 0 Å². The van der Waals surface area contributed by atoms with Gasteiger partial charge in [-0.05, 0) is 53.6 Å². The highest BCUT2D eigenvalue weighted by Crippen LogP contribution is 2.36. The van der Waals surface area contributed by atoms with Crippen LogP contribution in [0.1, 0.15) is 29.5 Å². The van der Waals surface area contributed by atoms with Gasteiger partial charge in [-0.25, -0.2) is 0 Å². The minimum atomic E-state index is 0.346. The summed E-state index contributed by atoms with van der Waals surface area (Å²) in [7, 11) is 0. The molecule has 0 aliphatic carbocycles. The van der Waals surface area contributed by atoms with Crippen LogP contribution in [0.4, 0.5) is 0 Å². The SMILES string of the molecule is CCN1Cc2cc(-c3cccnn3)ccc2C(c2ccc3ccoc3c2)C1. The van der Waals surface area contributed by atoms with E-state index in [2.05, 4.69) is 58.4 Å².